The molecule has 2 fully saturated rings. The fourth-order valence-corrected chi connectivity index (χ4v) is 10.2. The van der Waals surface area contributed by atoms with E-state index in [9.17, 15) is 10.1 Å². The van der Waals surface area contributed by atoms with Crippen LogP contribution in [0.4, 0.5) is 5.95 Å². The zero-order chi connectivity index (χ0) is 44.9. The van der Waals surface area contributed by atoms with Crippen LogP contribution in [-0.4, -0.2) is 94.2 Å². The van der Waals surface area contributed by atoms with E-state index in [0.717, 1.165) is 16.7 Å². The van der Waals surface area contributed by atoms with Crippen LogP contribution >= 0.6 is 8.53 Å². The van der Waals surface area contributed by atoms with Crippen LogP contribution in [-0.2, 0) is 28.9 Å². The zero-order valence-corrected chi connectivity index (χ0v) is 38.1. The predicted octanol–water partition coefficient (Wildman–Crippen LogP) is 8.10. The monoisotopic (exact) mass is 879 g/mol. The van der Waals surface area contributed by atoms with Crippen LogP contribution in [0.3, 0.4) is 0 Å². The Labute approximate surface area is 370 Å². The minimum atomic E-state index is -1.81. The Morgan fingerprint density at radius 2 is 1.62 bits per heavy atom. The number of aromatic nitrogens is 4. The van der Waals surface area contributed by atoms with Gasteiger partial charge in [-0.1, -0.05) is 74.5 Å². The van der Waals surface area contributed by atoms with Crippen LogP contribution in [0.25, 0.3) is 11.2 Å². The zero-order valence-electron chi connectivity index (χ0n) is 37.2. The van der Waals surface area contributed by atoms with Crippen molar-refractivity contribution in [3.8, 4) is 17.6 Å². The molecule has 3 aromatic carbocycles. The van der Waals surface area contributed by atoms with Crippen molar-refractivity contribution >= 4 is 25.6 Å². The molecule has 63 heavy (non-hydrogen) atoms. The Hall–Kier alpha value is -5.17. The lowest BCUT2D eigenvalue weighted by Gasteiger charge is -2.45. The number of fused-ring (bicyclic) bond motifs is 3. The van der Waals surface area contributed by atoms with E-state index >= 15 is 0 Å². The Morgan fingerprint density at radius 3 is 2.17 bits per heavy atom. The summed E-state index contributed by atoms with van der Waals surface area (Å²) in [4.78, 5) is 25.6. The largest absolute Gasteiger partial charge is 0.497 e. The van der Waals surface area contributed by atoms with Crippen molar-refractivity contribution in [2.24, 2.45) is 5.92 Å². The number of nitrogens with zero attached hydrogens (tertiary/aromatic N) is 5. The molecule has 2 saturated heterocycles. The van der Waals surface area contributed by atoms with Crippen molar-refractivity contribution in [2.45, 2.75) is 95.8 Å². The summed E-state index contributed by atoms with van der Waals surface area (Å²) in [5.74, 6) is 1.98. The van der Waals surface area contributed by atoms with Gasteiger partial charge in [0.15, 0.2) is 23.0 Å². The van der Waals surface area contributed by atoms with Crippen LogP contribution in [0.2, 0.25) is 0 Å². The molecule has 2 bridgehead atoms. The maximum atomic E-state index is 13.4. The van der Waals surface area contributed by atoms with Crippen molar-refractivity contribution in [1.82, 2.24) is 24.2 Å². The number of imidazole rings is 1. The molecule has 2 aromatic heterocycles. The van der Waals surface area contributed by atoms with Gasteiger partial charge in [0.1, 0.15) is 35.4 Å². The summed E-state index contributed by atoms with van der Waals surface area (Å²) < 4.78 is 50.7. The Balaban J connectivity index is 1.42. The highest BCUT2D eigenvalue weighted by Crippen LogP contribution is 2.58. The van der Waals surface area contributed by atoms with Crippen molar-refractivity contribution in [1.29, 1.82) is 5.26 Å². The van der Waals surface area contributed by atoms with Crippen molar-refractivity contribution in [2.75, 3.05) is 39.3 Å². The van der Waals surface area contributed by atoms with E-state index < -0.39 is 49.8 Å². The van der Waals surface area contributed by atoms with Crippen molar-refractivity contribution < 1.29 is 32.7 Å². The summed E-state index contributed by atoms with van der Waals surface area (Å²) in [5.41, 5.74) is -0.127. The van der Waals surface area contributed by atoms with E-state index in [-0.39, 0.29) is 37.2 Å². The van der Waals surface area contributed by atoms with Gasteiger partial charge in [0, 0.05) is 18.6 Å². The van der Waals surface area contributed by atoms with Crippen LogP contribution < -0.4 is 20.3 Å². The first-order valence-corrected chi connectivity index (χ1v) is 22.4. The lowest BCUT2D eigenvalue weighted by atomic mass is 9.79. The molecule has 16 heteroatoms. The Bertz CT molecular complexity index is 2350. The number of ether oxygens (including phenoxy) is 5. The summed E-state index contributed by atoms with van der Waals surface area (Å²) in [7, 11) is 1.45. The second kappa shape index (κ2) is 19.7. The molecule has 0 radical (unpaired) electrons. The molecule has 6 atom stereocenters. The smallest absolute Gasteiger partial charge is 0.280 e. The molecule has 15 nitrogen and oxygen atoms in total. The quantitative estimate of drug-likeness (QED) is 0.0315. The maximum absolute atomic E-state index is 13.4. The van der Waals surface area contributed by atoms with Gasteiger partial charge in [-0.3, -0.25) is 14.3 Å². The first-order valence-electron chi connectivity index (χ1n) is 21.3. The molecule has 0 aliphatic carbocycles. The third-order valence-electron chi connectivity index (χ3n) is 11.3. The Kier molecular flexibility index (Phi) is 14.3. The molecule has 2 N–H and O–H groups in total. The summed E-state index contributed by atoms with van der Waals surface area (Å²) in [6, 6.07) is 27.8. The van der Waals surface area contributed by atoms with Gasteiger partial charge in [0.25, 0.3) is 14.1 Å². The normalized spacial score (nSPS) is 20.7. The van der Waals surface area contributed by atoms with Gasteiger partial charge < -0.3 is 38.0 Å². The van der Waals surface area contributed by atoms with Crippen molar-refractivity contribution in [3.05, 3.63) is 125 Å². The SMILES string of the molecule is C=C[C@@H](OC(c1ccccc1)(c1ccc(OC)cc1)c1ccc(OC)cc1)C12CO[C@@H]([C@H](n3cnc4c(=O)[nH]c(NCC(C)C)nc43)O1)[C@@H]2OP(OCCC#N)N(C(C)C)C(C)C. The second-order valence-corrected chi connectivity index (χ2v) is 18.0. The molecule has 4 heterocycles. The van der Waals surface area contributed by atoms with Gasteiger partial charge in [-0.05, 0) is 74.6 Å². The first-order chi connectivity index (χ1) is 30.4. The molecule has 2 aliphatic rings. The van der Waals surface area contributed by atoms with E-state index in [0.29, 0.717) is 35.6 Å². The number of hydrogen-bond acceptors (Lipinski definition) is 13. The topological polar surface area (TPSA) is 167 Å². The van der Waals surface area contributed by atoms with E-state index in [1.165, 1.54) is 0 Å². The number of aromatic amines is 1. The molecule has 0 amide bonds. The summed E-state index contributed by atoms with van der Waals surface area (Å²) in [5, 5.41) is 12.8. The number of methoxy groups -OCH3 is 2. The molecule has 2 aliphatic heterocycles. The molecule has 2 unspecified atom stereocenters. The maximum Gasteiger partial charge on any atom is 0.280 e. The van der Waals surface area contributed by atoms with E-state index in [4.69, 9.17) is 37.7 Å². The average molecular weight is 880 g/mol. The minimum Gasteiger partial charge on any atom is -0.497 e. The third kappa shape index (κ3) is 8.99. The van der Waals surface area contributed by atoms with Crippen LogP contribution in [0.1, 0.15) is 70.9 Å². The standard InChI is InChI=1S/C47H58N7O8P/c1-10-38(60-47(33-15-12-11-13-16-33,34-17-21-36(56-8)22-18-34)35-19-23-37(57-9)24-20-35)46-28-58-40(41(46)62-63(59-26-14-25-48)54(31(4)5)32(6)7)44(61-46)53-29-50-39-42(53)51-45(52-43(39)55)49-27-30(2)3/h10-13,15-24,29-32,38,40-41,44H,1,14,26-28H2,2-9H3,(H2,49,51,52,55)/t38-,40-,41+,44-,46?,63?/m1/s1. The lowest BCUT2D eigenvalue weighted by molar-refractivity contribution is -0.221. The molecular formula is C47H58N7O8P. The van der Waals surface area contributed by atoms with Crippen LogP contribution in [0.15, 0.2) is 103 Å². The van der Waals surface area contributed by atoms with Crippen LogP contribution in [0.5, 0.6) is 11.5 Å². The fraction of sp³-hybridized carbons (Fsp3) is 0.447. The minimum absolute atomic E-state index is 0.0124. The second-order valence-electron chi connectivity index (χ2n) is 16.6. The van der Waals surface area contributed by atoms with Gasteiger partial charge in [-0.15, -0.1) is 6.58 Å². The van der Waals surface area contributed by atoms with Gasteiger partial charge in [0.2, 0.25) is 5.95 Å². The summed E-state index contributed by atoms with van der Waals surface area (Å²) in [6.45, 7) is 17.7. The highest BCUT2D eigenvalue weighted by Gasteiger charge is 2.68. The number of hydrogen-bond donors (Lipinski definition) is 2. The van der Waals surface area contributed by atoms with Crippen molar-refractivity contribution in [3.63, 3.8) is 0 Å². The first kappa shape index (κ1) is 45.8. The molecular weight excluding hydrogens is 822 g/mol. The van der Waals surface area contributed by atoms with E-state index in [1.54, 1.807) is 31.2 Å². The lowest BCUT2D eigenvalue weighted by Crippen LogP contribution is -2.55. The predicted molar refractivity (Wildman–Crippen MR) is 242 cm³/mol. The molecule has 7 rings (SSSR count). The number of H-pyrrole nitrogens is 1. The van der Waals surface area contributed by atoms with Gasteiger partial charge >= 0.3 is 0 Å². The van der Waals surface area contributed by atoms with Gasteiger partial charge in [-0.2, -0.15) is 10.2 Å². The fourth-order valence-electron chi connectivity index (χ4n) is 8.43. The Morgan fingerprint density at radius 1 is 1.00 bits per heavy atom. The number of rotatable bonds is 21. The van der Waals surface area contributed by atoms with E-state index in [1.807, 2.05) is 78.9 Å². The number of anilines is 1. The highest BCUT2D eigenvalue weighted by molar-refractivity contribution is 7.44. The number of nitriles is 1. The molecule has 0 spiro atoms. The van der Waals surface area contributed by atoms with Gasteiger partial charge in [0.05, 0.1) is 46.3 Å². The molecule has 0 saturated carbocycles. The van der Waals surface area contributed by atoms with Gasteiger partial charge in [-0.25, -0.2) is 9.65 Å². The summed E-state index contributed by atoms with van der Waals surface area (Å²) >= 11 is 0. The number of nitrogens with one attached hydrogen (secondary N) is 2. The third-order valence-corrected chi connectivity index (χ3v) is 13.4. The molecule has 5 aromatic rings. The average Bonchev–Trinajstić information content (AvgIpc) is 3.97. The number of benzene rings is 3. The highest BCUT2D eigenvalue weighted by atomic mass is 31.2. The summed E-state index contributed by atoms with van der Waals surface area (Å²) in [6.07, 6.45) is 0.0435. The molecule has 334 valence electrons. The van der Waals surface area contributed by atoms with E-state index in [2.05, 4.69) is 74.1 Å². The van der Waals surface area contributed by atoms with Crippen LogP contribution in [0, 0.1) is 17.2 Å².